The number of aromatic nitrogens is 1. The Morgan fingerprint density at radius 2 is 1.90 bits per heavy atom. The molecule has 0 amide bonds. The Kier molecular flexibility index (Phi) is 3.41. The number of aryl methyl sites for hydroxylation is 1. The van der Waals surface area contributed by atoms with E-state index in [2.05, 4.69) is 0 Å². The van der Waals surface area contributed by atoms with Crippen LogP contribution < -0.4 is 5.43 Å². The lowest BCUT2D eigenvalue weighted by Gasteiger charge is -2.15. The first-order valence-corrected chi connectivity index (χ1v) is 5.91. The molecule has 0 bridgehead atoms. The van der Waals surface area contributed by atoms with E-state index in [0.717, 1.165) is 18.2 Å². The van der Waals surface area contributed by atoms with Crippen molar-refractivity contribution in [1.82, 2.24) is 4.57 Å². The molecule has 0 fully saturated rings. The van der Waals surface area contributed by atoms with Crippen LogP contribution in [0.3, 0.4) is 0 Å². The minimum atomic E-state index is -4.49. The minimum absolute atomic E-state index is 0.0656. The average molecular weight is 283 g/mol. The van der Waals surface area contributed by atoms with Gasteiger partial charge in [0.25, 0.3) is 0 Å². The SMILES string of the molecule is CC(=O)Cn1c(C)cc(=O)c2ccc(C(F)(F)F)cc21. The summed E-state index contributed by atoms with van der Waals surface area (Å²) in [5.74, 6) is -0.199. The van der Waals surface area contributed by atoms with Crippen LogP contribution in [0.1, 0.15) is 18.2 Å². The number of nitrogens with zero attached hydrogens (tertiary/aromatic N) is 1. The second-order valence-corrected chi connectivity index (χ2v) is 4.67. The van der Waals surface area contributed by atoms with E-state index < -0.39 is 11.7 Å². The normalized spacial score (nSPS) is 11.8. The zero-order valence-electron chi connectivity index (χ0n) is 10.9. The maximum Gasteiger partial charge on any atom is 0.416 e. The average Bonchev–Trinajstić information content (AvgIpc) is 2.32. The molecule has 1 heterocycles. The van der Waals surface area contributed by atoms with Gasteiger partial charge >= 0.3 is 6.18 Å². The Labute approximate surface area is 112 Å². The van der Waals surface area contributed by atoms with Gasteiger partial charge in [0.1, 0.15) is 5.78 Å². The van der Waals surface area contributed by atoms with Crippen molar-refractivity contribution in [2.45, 2.75) is 26.6 Å². The van der Waals surface area contributed by atoms with Gasteiger partial charge in [-0.2, -0.15) is 13.2 Å². The number of Topliss-reactive ketones (excluding diaryl/α,β-unsaturated/α-hetero) is 1. The first-order valence-electron chi connectivity index (χ1n) is 5.91. The number of pyridine rings is 1. The molecule has 2 rings (SSSR count). The number of hydrogen-bond donors (Lipinski definition) is 0. The maximum absolute atomic E-state index is 12.8. The summed E-state index contributed by atoms with van der Waals surface area (Å²) in [6, 6.07) is 4.25. The predicted octanol–water partition coefficient (Wildman–Crippen LogP) is 2.92. The zero-order valence-corrected chi connectivity index (χ0v) is 10.9. The van der Waals surface area contributed by atoms with E-state index in [9.17, 15) is 22.8 Å². The molecule has 0 saturated heterocycles. The molecule has 0 aliphatic carbocycles. The maximum atomic E-state index is 12.8. The van der Waals surface area contributed by atoms with Gasteiger partial charge in [-0.05, 0) is 32.0 Å². The lowest BCUT2D eigenvalue weighted by Crippen LogP contribution is -2.16. The fourth-order valence-corrected chi connectivity index (χ4v) is 2.11. The first kappa shape index (κ1) is 14.3. The Morgan fingerprint density at radius 3 is 2.45 bits per heavy atom. The van der Waals surface area contributed by atoms with Gasteiger partial charge in [0.15, 0.2) is 5.43 Å². The van der Waals surface area contributed by atoms with E-state index in [0.29, 0.717) is 5.69 Å². The number of alkyl halides is 3. The molecule has 0 radical (unpaired) electrons. The quantitative estimate of drug-likeness (QED) is 0.850. The number of carbonyl (C=O) groups is 1. The number of rotatable bonds is 2. The van der Waals surface area contributed by atoms with Gasteiger partial charge in [0, 0.05) is 17.1 Å². The van der Waals surface area contributed by atoms with Crippen molar-refractivity contribution in [3.8, 4) is 0 Å². The highest BCUT2D eigenvalue weighted by Crippen LogP contribution is 2.31. The number of fused-ring (bicyclic) bond motifs is 1. The van der Waals surface area contributed by atoms with Crippen LogP contribution in [0, 0.1) is 6.92 Å². The summed E-state index contributed by atoms with van der Waals surface area (Å²) in [5.41, 5.74) is -0.615. The summed E-state index contributed by atoms with van der Waals surface area (Å²) in [5, 5.41) is 0.171. The summed E-state index contributed by atoms with van der Waals surface area (Å²) < 4.78 is 39.7. The van der Waals surface area contributed by atoms with E-state index in [4.69, 9.17) is 0 Å². The van der Waals surface area contributed by atoms with Crippen molar-refractivity contribution in [1.29, 1.82) is 0 Å². The van der Waals surface area contributed by atoms with Crippen molar-refractivity contribution in [3.63, 3.8) is 0 Å². The monoisotopic (exact) mass is 283 g/mol. The predicted molar refractivity (Wildman–Crippen MR) is 68.6 cm³/mol. The minimum Gasteiger partial charge on any atom is -0.337 e. The second kappa shape index (κ2) is 4.77. The second-order valence-electron chi connectivity index (χ2n) is 4.67. The molecule has 0 atom stereocenters. The third-order valence-electron chi connectivity index (χ3n) is 3.03. The highest BCUT2D eigenvalue weighted by Gasteiger charge is 2.30. The molecule has 20 heavy (non-hydrogen) atoms. The number of halogens is 3. The fraction of sp³-hybridized carbons (Fsp3) is 0.286. The van der Waals surface area contributed by atoms with E-state index in [1.807, 2.05) is 0 Å². The van der Waals surface area contributed by atoms with Crippen molar-refractivity contribution >= 4 is 16.7 Å². The molecule has 106 valence electrons. The summed E-state index contributed by atoms with van der Waals surface area (Å²) in [6.45, 7) is 2.87. The highest BCUT2D eigenvalue weighted by atomic mass is 19.4. The number of hydrogen-bond acceptors (Lipinski definition) is 2. The number of benzene rings is 1. The number of ketones is 1. The summed E-state index contributed by atoms with van der Waals surface area (Å²) >= 11 is 0. The van der Waals surface area contributed by atoms with Gasteiger partial charge in [0.05, 0.1) is 17.6 Å². The van der Waals surface area contributed by atoms with E-state index in [-0.39, 0.29) is 28.7 Å². The smallest absolute Gasteiger partial charge is 0.337 e. The molecule has 0 saturated carbocycles. The van der Waals surface area contributed by atoms with Crippen LogP contribution in [0.25, 0.3) is 10.9 Å². The van der Waals surface area contributed by atoms with Crippen molar-refractivity contribution < 1.29 is 18.0 Å². The van der Waals surface area contributed by atoms with Gasteiger partial charge in [0.2, 0.25) is 0 Å². The van der Waals surface area contributed by atoms with Crippen LogP contribution in [0.5, 0.6) is 0 Å². The molecule has 0 aliphatic rings. The molecule has 0 N–H and O–H groups in total. The van der Waals surface area contributed by atoms with Crippen LogP contribution in [0.2, 0.25) is 0 Å². The van der Waals surface area contributed by atoms with Gasteiger partial charge in [-0.25, -0.2) is 0 Å². The van der Waals surface area contributed by atoms with Crippen molar-refractivity contribution in [2.24, 2.45) is 0 Å². The topological polar surface area (TPSA) is 39.1 Å². The molecule has 0 unspecified atom stereocenters. The molecule has 6 heteroatoms. The highest BCUT2D eigenvalue weighted by molar-refractivity contribution is 5.83. The lowest BCUT2D eigenvalue weighted by molar-refractivity contribution is -0.137. The molecule has 1 aromatic carbocycles. The van der Waals surface area contributed by atoms with Crippen LogP contribution in [-0.2, 0) is 17.5 Å². The molecule has 0 spiro atoms. The van der Waals surface area contributed by atoms with Crippen LogP contribution >= 0.6 is 0 Å². The fourth-order valence-electron chi connectivity index (χ4n) is 2.11. The summed E-state index contributed by atoms with van der Waals surface area (Å²) in [7, 11) is 0. The van der Waals surface area contributed by atoms with E-state index in [1.165, 1.54) is 17.6 Å². The van der Waals surface area contributed by atoms with Gasteiger partial charge in [-0.1, -0.05) is 0 Å². The number of carbonyl (C=O) groups excluding carboxylic acids is 1. The Bertz CT molecular complexity index is 744. The van der Waals surface area contributed by atoms with Gasteiger partial charge in [-0.3, -0.25) is 9.59 Å². The first-order chi connectivity index (χ1) is 9.20. The van der Waals surface area contributed by atoms with Gasteiger partial charge < -0.3 is 4.57 Å². The van der Waals surface area contributed by atoms with Crippen molar-refractivity contribution in [3.05, 3.63) is 45.7 Å². The molecule has 3 nitrogen and oxygen atoms in total. The lowest BCUT2D eigenvalue weighted by atomic mass is 10.1. The molecule has 2 aromatic rings. The zero-order chi connectivity index (χ0) is 15.1. The van der Waals surface area contributed by atoms with Crippen LogP contribution in [0.4, 0.5) is 13.2 Å². The molecule has 0 aliphatic heterocycles. The molecular formula is C14H12F3NO2. The Morgan fingerprint density at radius 1 is 1.25 bits per heavy atom. The standard InChI is InChI=1S/C14H12F3NO2/c1-8-5-13(20)11-4-3-10(14(15,16)17)6-12(11)18(8)7-9(2)19/h3-6H,7H2,1-2H3. The Balaban J connectivity index is 2.82. The van der Waals surface area contributed by atoms with Crippen molar-refractivity contribution in [2.75, 3.05) is 0 Å². The molecule has 1 aromatic heterocycles. The van der Waals surface area contributed by atoms with E-state index in [1.54, 1.807) is 6.92 Å². The van der Waals surface area contributed by atoms with Gasteiger partial charge in [-0.15, -0.1) is 0 Å². The third-order valence-corrected chi connectivity index (χ3v) is 3.03. The van der Waals surface area contributed by atoms with Crippen LogP contribution in [0.15, 0.2) is 29.1 Å². The summed E-state index contributed by atoms with van der Waals surface area (Å²) in [6.07, 6.45) is -4.49. The molecular weight excluding hydrogens is 271 g/mol. The van der Waals surface area contributed by atoms with E-state index >= 15 is 0 Å². The largest absolute Gasteiger partial charge is 0.416 e. The summed E-state index contributed by atoms with van der Waals surface area (Å²) in [4.78, 5) is 23.1. The Hall–Kier alpha value is -2.11. The van der Waals surface area contributed by atoms with Crippen LogP contribution in [-0.4, -0.2) is 10.4 Å². The third kappa shape index (κ3) is 2.59.